The SMILES string of the molecule is CC(C)N=C([N-]C(C)C)N([Si](C)(C)C)[Si](C)(C)C.[Li+]. The molecule has 0 aliphatic heterocycles. The molecule has 0 fully saturated rings. The van der Waals surface area contributed by atoms with Gasteiger partial charge in [-0.1, -0.05) is 67.0 Å². The van der Waals surface area contributed by atoms with E-state index in [1.807, 2.05) is 0 Å². The van der Waals surface area contributed by atoms with Crippen molar-refractivity contribution in [2.45, 2.75) is 79.1 Å². The Morgan fingerprint density at radius 1 is 0.895 bits per heavy atom. The van der Waals surface area contributed by atoms with Crippen LogP contribution in [0.4, 0.5) is 0 Å². The van der Waals surface area contributed by atoms with Gasteiger partial charge in [0.25, 0.3) is 0 Å². The summed E-state index contributed by atoms with van der Waals surface area (Å²) in [6.45, 7) is 22.8. The van der Waals surface area contributed by atoms with Gasteiger partial charge in [-0.25, -0.2) is 0 Å². The third-order valence-electron chi connectivity index (χ3n) is 2.29. The largest absolute Gasteiger partial charge is 1.00 e. The molecule has 0 aromatic carbocycles. The van der Waals surface area contributed by atoms with Crippen LogP contribution in [0.2, 0.25) is 39.3 Å². The molecule has 0 amide bonds. The van der Waals surface area contributed by atoms with Gasteiger partial charge in [-0.2, -0.15) is 0 Å². The van der Waals surface area contributed by atoms with Crippen LogP contribution in [0.1, 0.15) is 27.7 Å². The number of nitrogens with zero attached hydrogens (tertiary/aromatic N) is 3. The number of rotatable bonds is 4. The summed E-state index contributed by atoms with van der Waals surface area (Å²) in [5, 5.41) is 4.80. The van der Waals surface area contributed by atoms with Gasteiger partial charge in [0.2, 0.25) is 0 Å². The topological polar surface area (TPSA) is 29.7 Å². The molecule has 0 spiro atoms. The molecule has 0 aliphatic carbocycles. The van der Waals surface area contributed by atoms with Crippen molar-refractivity contribution in [3.63, 3.8) is 0 Å². The summed E-state index contributed by atoms with van der Waals surface area (Å²) in [4.78, 5) is 4.80. The number of guanidine groups is 1. The van der Waals surface area contributed by atoms with Crippen molar-refractivity contribution in [1.82, 2.24) is 4.23 Å². The molecule has 0 saturated heterocycles. The van der Waals surface area contributed by atoms with Crippen molar-refractivity contribution in [2.75, 3.05) is 0 Å². The van der Waals surface area contributed by atoms with Crippen LogP contribution >= 0.6 is 0 Å². The number of aliphatic imine (C=N–C) groups is 1. The van der Waals surface area contributed by atoms with Gasteiger partial charge < -0.3 is 14.5 Å². The zero-order chi connectivity index (χ0) is 14.7. The molecule has 0 saturated carbocycles. The second kappa shape index (κ2) is 7.92. The predicted molar refractivity (Wildman–Crippen MR) is 89.6 cm³/mol. The summed E-state index contributed by atoms with van der Waals surface area (Å²) in [7, 11) is -2.90. The molecule has 0 rings (SSSR count). The summed E-state index contributed by atoms with van der Waals surface area (Å²) in [5.74, 6) is 0.998. The van der Waals surface area contributed by atoms with Gasteiger partial charge in [0.1, 0.15) is 0 Å². The van der Waals surface area contributed by atoms with Gasteiger partial charge >= 0.3 is 18.9 Å². The standard InChI is InChI=1S/C13H32N3Si2.Li/c1-11(2)14-13(15-12(3)4)16(17(5,6)7)18(8,9)10;/h11-12H,1-10H3;/q-1;+1. The maximum Gasteiger partial charge on any atom is 1.00 e. The average Bonchev–Trinajstić information content (AvgIpc) is 1.93. The summed E-state index contributed by atoms with van der Waals surface area (Å²) in [6, 6.07) is 0.607. The van der Waals surface area contributed by atoms with Crippen LogP contribution in [0.25, 0.3) is 5.32 Å². The number of hydrogen-bond acceptors (Lipinski definition) is 1. The van der Waals surface area contributed by atoms with Gasteiger partial charge in [0.15, 0.2) is 0 Å². The maximum absolute atomic E-state index is 4.80. The second-order valence-corrected chi connectivity index (χ2v) is 17.4. The smallest absolute Gasteiger partial charge is 0.450 e. The Labute approximate surface area is 135 Å². The van der Waals surface area contributed by atoms with Crippen LogP contribution in [-0.4, -0.2) is 38.7 Å². The quantitative estimate of drug-likeness (QED) is 0.439. The minimum Gasteiger partial charge on any atom is -0.450 e. The van der Waals surface area contributed by atoms with E-state index in [0.29, 0.717) is 12.1 Å². The molecule has 0 aromatic heterocycles. The molecule has 0 atom stereocenters. The zero-order valence-corrected chi connectivity index (χ0v) is 17.0. The van der Waals surface area contributed by atoms with Crippen molar-refractivity contribution >= 4 is 22.4 Å². The minimum absolute atomic E-state index is 0. The monoisotopic (exact) mass is 293 g/mol. The zero-order valence-electron chi connectivity index (χ0n) is 15.0. The molecule has 0 N–H and O–H groups in total. The first-order valence-corrected chi connectivity index (χ1v) is 13.8. The van der Waals surface area contributed by atoms with Crippen molar-refractivity contribution in [3.05, 3.63) is 5.32 Å². The van der Waals surface area contributed by atoms with Crippen molar-refractivity contribution in [3.8, 4) is 0 Å². The van der Waals surface area contributed by atoms with E-state index < -0.39 is 16.5 Å². The summed E-state index contributed by atoms with van der Waals surface area (Å²) >= 11 is 0. The van der Waals surface area contributed by atoms with E-state index in [1.54, 1.807) is 0 Å². The predicted octanol–water partition coefficient (Wildman–Crippen LogP) is 1.51. The van der Waals surface area contributed by atoms with Gasteiger partial charge in [-0.15, -0.1) is 0 Å². The summed E-state index contributed by atoms with van der Waals surface area (Å²) in [6.07, 6.45) is 0. The fourth-order valence-corrected chi connectivity index (χ4v) is 11.7. The van der Waals surface area contributed by atoms with Crippen molar-refractivity contribution in [1.29, 1.82) is 0 Å². The van der Waals surface area contributed by atoms with Crippen molar-refractivity contribution in [2.24, 2.45) is 4.99 Å². The molecule has 6 heteroatoms. The Balaban J connectivity index is 0. The molecular formula is C13H32LiN3Si2. The minimum atomic E-state index is -1.45. The van der Waals surface area contributed by atoms with Crippen LogP contribution in [0.3, 0.4) is 0 Å². The van der Waals surface area contributed by atoms with Crippen LogP contribution in [0, 0.1) is 0 Å². The third kappa shape index (κ3) is 8.23. The first-order valence-electron chi connectivity index (χ1n) is 6.94. The first-order chi connectivity index (χ1) is 7.85. The molecule has 3 nitrogen and oxygen atoms in total. The van der Waals surface area contributed by atoms with Crippen molar-refractivity contribution < 1.29 is 18.9 Å². The third-order valence-corrected chi connectivity index (χ3v) is 9.40. The van der Waals surface area contributed by atoms with Gasteiger partial charge in [-0.3, -0.25) is 0 Å². The Morgan fingerprint density at radius 2 is 1.26 bits per heavy atom. The van der Waals surface area contributed by atoms with Gasteiger partial charge in [-0.05, 0) is 12.1 Å². The molecule has 0 aromatic rings. The van der Waals surface area contributed by atoms with E-state index in [-0.39, 0.29) is 18.9 Å². The summed E-state index contributed by atoms with van der Waals surface area (Å²) in [5.41, 5.74) is 0. The van der Waals surface area contributed by atoms with E-state index in [4.69, 9.17) is 10.3 Å². The molecule has 0 radical (unpaired) electrons. The van der Waals surface area contributed by atoms with Gasteiger partial charge in [0.05, 0.1) is 16.5 Å². The molecule has 19 heavy (non-hydrogen) atoms. The molecule has 0 unspecified atom stereocenters. The van der Waals surface area contributed by atoms with E-state index in [0.717, 1.165) is 5.96 Å². The van der Waals surface area contributed by atoms with E-state index in [2.05, 4.69) is 71.2 Å². The summed E-state index contributed by atoms with van der Waals surface area (Å²) < 4.78 is 2.60. The van der Waals surface area contributed by atoms with E-state index in [1.165, 1.54) is 0 Å². The average molecular weight is 294 g/mol. The van der Waals surface area contributed by atoms with E-state index >= 15 is 0 Å². The molecule has 108 valence electrons. The van der Waals surface area contributed by atoms with Gasteiger partial charge in [0, 0.05) is 5.96 Å². The molecular weight excluding hydrogens is 261 g/mol. The first kappa shape index (κ1) is 21.6. The van der Waals surface area contributed by atoms with Crippen LogP contribution in [0.5, 0.6) is 0 Å². The Hall–Kier alpha value is 0.301. The molecule has 0 aliphatic rings. The molecule has 0 bridgehead atoms. The Morgan fingerprint density at radius 3 is 1.47 bits per heavy atom. The normalized spacial score (nSPS) is 13.6. The Kier molecular flexibility index (Phi) is 9.00. The van der Waals surface area contributed by atoms with Crippen LogP contribution in [0.15, 0.2) is 4.99 Å². The molecule has 0 heterocycles. The number of hydrogen-bond donors (Lipinski definition) is 0. The fraction of sp³-hybridized carbons (Fsp3) is 0.923. The van der Waals surface area contributed by atoms with E-state index in [9.17, 15) is 0 Å². The Bertz CT molecular complexity index is 277. The van der Waals surface area contributed by atoms with Crippen LogP contribution < -0.4 is 18.9 Å². The fourth-order valence-electron chi connectivity index (χ4n) is 2.22. The second-order valence-electron chi connectivity index (χ2n) is 7.42. The maximum atomic E-state index is 4.80. The van der Waals surface area contributed by atoms with Crippen LogP contribution in [-0.2, 0) is 0 Å².